The average Bonchev–Trinajstić information content (AvgIpc) is 3.10. The Hall–Kier alpha value is -8.78. The number of fused-ring (bicyclic) bond motifs is 3. The Balaban J connectivity index is 0.847. The van der Waals surface area contributed by atoms with Gasteiger partial charge in [-0.15, -0.1) is 0 Å². The van der Waals surface area contributed by atoms with Crippen molar-refractivity contribution in [3.05, 3.63) is 142 Å². The first kappa shape index (κ1) is 59.4. The van der Waals surface area contributed by atoms with Crippen LogP contribution in [0.4, 0.5) is 13.6 Å². The Morgan fingerprint density at radius 1 is 0.812 bits per heavy atom. The van der Waals surface area contributed by atoms with E-state index in [4.69, 9.17) is 5.73 Å². The lowest BCUT2D eigenvalue weighted by Gasteiger charge is -2.39. The quantitative estimate of drug-likeness (QED) is 0.0403. The lowest BCUT2D eigenvalue weighted by molar-refractivity contribution is -0.143. The zero-order valence-electron chi connectivity index (χ0n) is 45.9. The number of rotatable bonds is 15. The van der Waals surface area contributed by atoms with Crippen LogP contribution >= 0.6 is 7.60 Å². The number of H-pyrrole nitrogens is 1. The fourth-order valence-electron chi connectivity index (χ4n) is 12.0. The van der Waals surface area contributed by atoms with Crippen LogP contribution in [-0.2, 0) is 45.5 Å². The molecule has 4 fully saturated rings. The summed E-state index contributed by atoms with van der Waals surface area (Å²) >= 11 is 0. The maximum absolute atomic E-state index is 15.1. The van der Waals surface area contributed by atoms with Crippen molar-refractivity contribution in [1.29, 1.82) is 0 Å². The number of aromatic amines is 1. The zero-order chi connectivity index (χ0) is 60.3. The van der Waals surface area contributed by atoms with Gasteiger partial charge in [0.05, 0.1) is 12.6 Å². The first-order chi connectivity index (χ1) is 40.6. The van der Waals surface area contributed by atoms with Gasteiger partial charge in [0, 0.05) is 71.5 Å². The van der Waals surface area contributed by atoms with Crippen LogP contribution in [0.1, 0.15) is 125 Å². The molecule has 0 unspecified atom stereocenters. The van der Waals surface area contributed by atoms with Crippen LogP contribution in [0.5, 0.6) is 0 Å². The average molecular weight is 1190 g/mol. The highest BCUT2D eigenvalue weighted by molar-refractivity contribution is 7.52. The number of hydrogen-bond donors (Lipinski definition) is 9. The molecule has 0 spiro atoms. The third-order valence-electron chi connectivity index (χ3n) is 16.6. The molecule has 1 saturated carbocycles. The number of primary amides is 1. The number of aromatic nitrogens is 1. The molecule has 85 heavy (non-hydrogen) atoms. The number of carbonyl (C=O) groups is 9. The van der Waals surface area contributed by atoms with E-state index >= 15 is 4.79 Å². The number of carbonyl (C=O) groups excluding carboxylic acids is 9. The molecule has 4 aliphatic heterocycles. The molecule has 0 radical (unpaired) electrons. The predicted octanol–water partition coefficient (Wildman–Crippen LogP) is 4.30. The number of hydrogen-bond acceptors (Lipinski definition) is 10. The van der Waals surface area contributed by atoms with Gasteiger partial charge in [-0.2, -0.15) is 8.78 Å². The van der Waals surface area contributed by atoms with Crippen LogP contribution in [-0.4, -0.2) is 132 Å². The maximum Gasteiger partial charge on any atom is 0.399 e. The van der Waals surface area contributed by atoms with Gasteiger partial charge in [-0.25, -0.2) is 4.79 Å². The molecule has 3 saturated heterocycles. The molecular weight excluding hydrogens is 1120 g/mol. The Kier molecular flexibility index (Phi) is 17.3. The molecule has 5 atom stereocenters. The summed E-state index contributed by atoms with van der Waals surface area (Å²) < 4.78 is 41.3. The minimum Gasteiger partial charge on any atom is -0.370 e. The number of urea groups is 1. The molecule has 444 valence electrons. The zero-order valence-corrected chi connectivity index (χ0v) is 46.8. The fraction of sp³-hybridized carbons (Fsp3) is 0.383. The number of piperidine rings is 1. The van der Waals surface area contributed by atoms with Crippen molar-refractivity contribution < 1.29 is 66.3 Å². The summed E-state index contributed by atoms with van der Waals surface area (Å²) in [6.45, 7) is -0.141. The molecular formula is C60H63F2N10O12P. The number of alkyl halides is 2. The Labute approximate surface area is 486 Å². The number of nitrogens with two attached hydrogens (primary N) is 1. The molecule has 5 heterocycles. The monoisotopic (exact) mass is 1180 g/mol. The predicted molar refractivity (Wildman–Crippen MR) is 302 cm³/mol. The number of nitrogens with zero attached hydrogens (tertiary/aromatic N) is 3. The minimum atomic E-state index is -5.95. The highest BCUT2D eigenvalue weighted by Crippen LogP contribution is 2.59. The lowest BCUT2D eigenvalue weighted by atomic mass is 9.86. The summed E-state index contributed by atoms with van der Waals surface area (Å²) in [6.07, 6.45) is 2.85. The van der Waals surface area contributed by atoms with Gasteiger partial charge in [-0.1, -0.05) is 84.6 Å². The summed E-state index contributed by atoms with van der Waals surface area (Å²) in [5.74, 6) is 1.64. The van der Waals surface area contributed by atoms with Crippen molar-refractivity contribution >= 4 is 71.8 Å². The second-order valence-corrected chi connectivity index (χ2v) is 23.8. The van der Waals surface area contributed by atoms with Gasteiger partial charge >= 0.3 is 19.3 Å². The van der Waals surface area contributed by atoms with Crippen molar-refractivity contribution in [1.82, 2.24) is 46.3 Å². The van der Waals surface area contributed by atoms with Gasteiger partial charge < -0.3 is 56.5 Å². The number of imide groups is 1. The van der Waals surface area contributed by atoms with Crippen molar-refractivity contribution in [2.75, 3.05) is 13.1 Å². The number of amides is 10. The molecule has 1 aromatic heterocycles. The molecule has 10 rings (SSSR count). The third kappa shape index (κ3) is 13.0. The van der Waals surface area contributed by atoms with Crippen LogP contribution in [0.2, 0.25) is 0 Å². The highest BCUT2D eigenvalue weighted by atomic mass is 31.2. The summed E-state index contributed by atoms with van der Waals surface area (Å²) in [6, 6.07) is 20.5. The van der Waals surface area contributed by atoms with Gasteiger partial charge in [-0.05, 0) is 105 Å². The molecule has 5 aromatic rings. The Bertz CT molecular complexity index is 3540. The molecule has 5 aliphatic rings. The first-order valence-electron chi connectivity index (χ1n) is 28.2. The third-order valence-corrected chi connectivity index (χ3v) is 17.6. The number of nitrogens with one attached hydrogen (secondary N) is 6. The van der Waals surface area contributed by atoms with Crippen LogP contribution in [0.15, 0.2) is 103 Å². The fourth-order valence-corrected chi connectivity index (χ4v) is 12.5. The van der Waals surface area contributed by atoms with Gasteiger partial charge in [0.15, 0.2) is 0 Å². The van der Waals surface area contributed by atoms with Gasteiger partial charge in [0.25, 0.3) is 11.8 Å². The molecule has 10 N–H and O–H groups in total. The van der Waals surface area contributed by atoms with E-state index in [0.717, 1.165) is 29.3 Å². The molecule has 0 bridgehead atoms. The van der Waals surface area contributed by atoms with E-state index < -0.39 is 96.5 Å². The second-order valence-electron chi connectivity index (χ2n) is 22.2. The van der Waals surface area contributed by atoms with E-state index in [1.165, 1.54) is 20.8 Å². The maximum atomic E-state index is 15.1. The summed E-state index contributed by atoms with van der Waals surface area (Å²) in [5, 5.41) is 13.9. The van der Waals surface area contributed by atoms with Gasteiger partial charge in [0.1, 0.15) is 29.9 Å². The SMILES string of the molecule is NC(=O)CC[C@H](NC(=O)[C@@H]1CC[C@@H]2CCN(C(=O)NC3CCC(C#Cc4cccc5c4CN([C@H]4CCC(=O)NC4=O)C5=O)CC3)C[C@H](NC(=O)c3cc4cc(C(F)(F)P(=O)(O)O)ccc4[nH]3)C(=O)N21)C(=O)NC(c1ccccc1)c1ccccc1. The topological polar surface area (TPSA) is 323 Å². The largest absolute Gasteiger partial charge is 0.399 e. The standard InChI is InChI=1S/C60H63F2N10O12P/c61-60(62,85(82,83)84)39-18-22-44-38(30-39)31-46(65-44)54(76)67-47-33-70(59(81)64-40-19-15-34(16-20-40)14-17-35-12-7-13-42-43(35)32-71(57(42)79)48-25-27-51(74)68-55(48)77)29-28-41-21-24-49(72(41)58(47)80)56(78)66-45(23-26-50(63)73)53(75)69-52(36-8-3-1-4-9-36)37-10-5-2-6-11-37/h1-13,18,22,30-31,34,40-41,45,47-49,52,65H,15-16,19-21,23-29,32-33H2,(H2,63,73)(H,64,81)(H,66,78)(H,67,76)(H,69,75)(H,68,74,77)(H2,82,83,84)/t34?,40?,41-,45+,47+,48+,49+/m1/s1. The molecule has 22 nitrogen and oxygen atoms in total. The normalized spacial score (nSPS) is 22.1. The van der Waals surface area contributed by atoms with Crippen molar-refractivity contribution in [2.45, 2.75) is 125 Å². The van der Waals surface area contributed by atoms with E-state index in [-0.39, 0.29) is 105 Å². The van der Waals surface area contributed by atoms with Crippen molar-refractivity contribution in [3.63, 3.8) is 0 Å². The van der Waals surface area contributed by atoms with Crippen molar-refractivity contribution in [2.24, 2.45) is 11.7 Å². The van der Waals surface area contributed by atoms with E-state index in [1.807, 2.05) is 66.7 Å². The van der Waals surface area contributed by atoms with Crippen molar-refractivity contribution in [3.8, 4) is 11.8 Å². The number of halogens is 2. The van der Waals surface area contributed by atoms with Crippen LogP contribution in [0, 0.1) is 17.8 Å². The minimum absolute atomic E-state index is 0.00923. The lowest BCUT2D eigenvalue weighted by Crippen LogP contribution is -2.63. The Morgan fingerprint density at radius 3 is 2.19 bits per heavy atom. The smallest absolute Gasteiger partial charge is 0.370 e. The van der Waals surface area contributed by atoms with Crippen LogP contribution in [0.25, 0.3) is 10.9 Å². The summed E-state index contributed by atoms with van der Waals surface area (Å²) in [5.41, 5.74) is 3.21. The highest BCUT2D eigenvalue weighted by Gasteiger charge is 2.51. The molecule has 10 amide bonds. The molecule has 4 aromatic carbocycles. The van der Waals surface area contributed by atoms with Crippen LogP contribution < -0.4 is 32.3 Å². The van der Waals surface area contributed by atoms with Gasteiger partial charge in [0.2, 0.25) is 35.4 Å². The summed E-state index contributed by atoms with van der Waals surface area (Å²) in [7, 11) is -5.95. The number of benzene rings is 4. The van der Waals surface area contributed by atoms with E-state index in [1.54, 1.807) is 12.1 Å². The van der Waals surface area contributed by atoms with E-state index in [0.29, 0.717) is 42.4 Å². The van der Waals surface area contributed by atoms with Gasteiger partial charge in [-0.3, -0.25) is 48.2 Å². The Morgan fingerprint density at radius 2 is 1.52 bits per heavy atom. The molecule has 25 heteroatoms. The summed E-state index contributed by atoms with van der Waals surface area (Å²) in [4.78, 5) is 148. The first-order valence-corrected chi connectivity index (χ1v) is 29.8. The molecule has 1 aliphatic carbocycles. The second kappa shape index (κ2) is 24.8. The van der Waals surface area contributed by atoms with Crippen LogP contribution in [0.3, 0.4) is 0 Å². The van der Waals surface area contributed by atoms with E-state index in [2.05, 4.69) is 43.4 Å². The van der Waals surface area contributed by atoms with E-state index in [9.17, 15) is 61.5 Å².